The summed E-state index contributed by atoms with van der Waals surface area (Å²) in [5, 5.41) is 5.75. The second-order valence-electron chi connectivity index (χ2n) is 7.18. The average Bonchev–Trinajstić information content (AvgIpc) is 3.21. The molecule has 0 spiro atoms. The van der Waals surface area contributed by atoms with Gasteiger partial charge in [-0.15, -0.1) is 0 Å². The Bertz CT molecular complexity index is 1230. The van der Waals surface area contributed by atoms with Crippen LogP contribution in [0, 0.1) is 6.92 Å². The zero-order valence-corrected chi connectivity index (χ0v) is 16.9. The molecule has 152 valence electrons. The van der Waals surface area contributed by atoms with Crippen LogP contribution >= 0.6 is 0 Å². The number of hydrogen-bond donors (Lipinski definition) is 2. The number of para-hydroxylation sites is 1. The van der Waals surface area contributed by atoms with Crippen LogP contribution in [0.25, 0.3) is 5.65 Å². The maximum absolute atomic E-state index is 12.9. The summed E-state index contributed by atoms with van der Waals surface area (Å²) >= 11 is 0. The number of H-pyrrole nitrogens is 1. The Morgan fingerprint density at radius 3 is 2.60 bits per heavy atom. The molecule has 0 bridgehead atoms. The van der Waals surface area contributed by atoms with Crippen molar-refractivity contribution >= 4 is 22.9 Å². The van der Waals surface area contributed by atoms with Gasteiger partial charge < -0.3 is 10.2 Å². The second-order valence-corrected chi connectivity index (χ2v) is 7.18. The summed E-state index contributed by atoms with van der Waals surface area (Å²) in [5.74, 6) is -0.267. The Morgan fingerprint density at radius 1 is 1.13 bits per heavy atom. The van der Waals surface area contributed by atoms with Gasteiger partial charge in [-0.2, -0.15) is 4.52 Å². The molecule has 0 saturated heterocycles. The lowest BCUT2D eigenvalue weighted by Crippen LogP contribution is -2.27. The van der Waals surface area contributed by atoms with E-state index in [0.29, 0.717) is 23.4 Å². The predicted molar refractivity (Wildman–Crippen MR) is 118 cm³/mol. The molecule has 7 nitrogen and oxygen atoms in total. The number of rotatable bonds is 6. The number of fused-ring (bicyclic) bond motifs is 1. The lowest BCUT2D eigenvalue weighted by Gasteiger charge is -2.18. The van der Waals surface area contributed by atoms with Crippen LogP contribution in [-0.4, -0.2) is 34.1 Å². The van der Waals surface area contributed by atoms with E-state index >= 15 is 0 Å². The summed E-state index contributed by atoms with van der Waals surface area (Å²) in [7, 11) is 1.81. The third-order valence-electron chi connectivity index (χ3n) is 5.09. The van der Waals surface area contributed by atoms with Crippen molar-refractivity contribution in [1.29, 1.82) is 0 Å². The maximum Gasteiger partial charge on any atom is 0.296 e. The van der Waals surface area contributed by atoms with Gasteiger partial charge in [-0.1, -0.05) is 48.0 Å². The fourth-order valence-electron chi connectivity index (χ4n) is 3.31. The number of aromatic amines is 1. The van der Waals surface area contributed by atoms with Gasteiger partial charge in [0.1, 0.15) is 11.3 Å². The molecule has 2 aromatic carbocycles. The van der Waals surface area contributed by atoms with Crippen molar-refractivity contribution in [2.75, 3.05) is 18.5 Å². The molecular formula is C23H23N5O2. The van der Waals surface area contributed by atoms with Crippen LogP contribution in [0.5, 0.6) is 0 Å². The Balaban J connectivity index is 1.51. The molecule has 2 aromatic heterocycles. The smallest absolute Gasteiger partial charge is 0.296 e. The number of anilines is 2. The topological polar surface area (TPSA) is 82.5 Å². The highest BCUT2D eigenvalue weighted by Crippen LogP contribution is 2.19. The van der Waals surface area contributed by atoms with Crippen molar-refractivity contribution in [2.24, 2.45) is 0 Å². The molecule has 0 aliphatic rings. The van der Waals surface area contributed by atoms with E-state index in [2.05, 4.69) is 39.7 Å². The molecule has 2 heterocycles. The van der Waals surface area contributed by atoms with Crippen LogP contribution in [-0.2, 0) is 6.42 Å². The van der Waals surface area contributed by atoms with E-state index in [0.717, 1.165) is 17.7 Å². The third kappa shape index (κ3) is 3.82. The largest absolute Gasteiger partial charge is 0.352 e. The van der Waals surface area contributed by atoms with E-state index in [1.165, 1.54) is 22.5 Å². The Morgan fingerprint density at radius 2 is 1.87 bits per heavy atom. The quantitative estimate of drug-likeness (QED) is 0.520. The molecule has 4 aromatic rings. The summed E-state index contributed by atoms with van der Waals surface area (Å²) in [6.45, 7) is 2.54. The SMILES string of the molecule is Cc1ccc(CCNC(=O)c2c[nH]n3c(=O)c(N(C)c4ccccc4)cnc23)cc1. The average molecular weight is 401 g/mol. The first-order valence-corrected chi connectivity index (χ1v) is 9.76. The van der Waals surface area contributed by atoms with Crippen molar-refractivity contribution in [3.8, 4) is 0 Å². The molecular weight excluding hydrogens is 378 g/mol. The highest BCUT2D eigenvalue weighted by Gasteiger charge is 2.17. The minimum Gasteiger partial charge on any atom is -0.352 e. The number of benzene rings is 2. The summed E-state index contributed by atoms with van der Waals surface area (Å²) in [5.41, 5.74) is 4.01. The lowest BCUT2D eigenvalue weighted by molar-refractivity contribution is 0.0955. The number of aryl methyl sites for hydroxylation is 1. The number of carbonyl (C=O) groups is 1. The van der Waals surface area contributed by atoms with E-state index in [4.69, 9.17) is 0 Å². The van der Waals surface area contributed by atoms with E-state index in [-0.39, 0.29) is 11.5 Å². The zero-order valence-electron chi connectivity index (χ0n) is 16.9. The Labute approximate surface area is 174 Å². The summed E-state index contributed by atoms with van der Waals surface area (Å²) in [6.07, 6.45) is 3.74. The predicted octanol–water partition coefficient (Wildman–Crippen LogP) is 3.07. The van der Waals surface area contributed by atoms with Crippen LogP contribution in [0.4, 0.5) is 11.4 Å². The van der Waals surface area contributed by atoms with E-state index in [1.807, 2.05) is 44.3 Å². The fraction of sp³-hybridized carbons (Fsp3) is 0.174. The van der Waals surface area contributed by atoms with Crippen molar-refractivity contribution in [3.05, 3.63) is 94.0 Å². The van der Waals surface area contributed by atoms with Gasteiger partial charge in [0.2, 0.25) is 0 Å². The van der Waals surface area contributed by atoms with Crippen molar-refractivity contribution in [1.82, 2.24) is 19.9 Å². The van der Waals surface area contributed by atoms with Gasteiger partial charge in [-0.3, -0.25) is 14.7 Å². The number of hydrogen-bond acceptors (Lipinski definition) is 4. The van der Waals surface area contributed by atoms with E-state index < -0.39 is 0 Å². The Hall–Kier alpha value is -3.87. The highest BCUT2D eigenvalue weighted by molar-refractivity contribution is 5.99. The monoisotopic (exact) mass is 401 g/mol. The first-order valence-electron chi connectivity index (χ1n) is 9.76. The first-order chi connectivity index (χ1) is 14.5. The number of nitrogens with one attached hydrogen (secondary N) is 2. The van der Waals surface area contributed by atoms with Crippen LogP contribution in [0.15, 0.2) is 71.8 Å². The second kappa shape index (κ2) is 8.24. The van der Waals surface area contributed by atoms with Gasteiger partial charge in [-0.05, 0) is 31.0 Å². The molecule has 30 heavy (non-hydrogen) atoms. The first kappa shape index (κ1) is 19.4. The zero-order chi connectivity index (χ0) is 21.1. The third-order valence-corrected chi connectivity index (χ3v) is 5.09. The van der Waals surface area contributed by atoms with Crippen LogP contribution < -0.4 is 15.8 Å². The van der Waals surface area contributed by atoms with Crippen LogP contribution in [0.3, 0.4) is 0 Å². The summed E-state index contributed by atoms with van der Waals surface area (Å²) < 4.78 is 1.30. The number of nitrogens with zero attached hydrogens (tertiary/aromatic N) is 3. The molecule has 0 unspecified atom stereocenters. The molecule has 2 N–H and O–H groups in total. The van der Waals surface area contributed by atoms with Crippen molar-refractivity contribution in [3.63, 3.8) is 0 Å². The van der Waals surface area contributed by atoms with Crippen LogP contribution in [0.2, 0.25) is 0 Å². The minimum atomic E-state index is -0.273. The lowest BCUT2D eigenvalue weighted by atomic mass is 10.1. The number of amides is 1. The van der Waals surface area contributed by atoms with Gasteiger partial charge in [-0.25, -0.2) is 4.98 Å². The number of aromatic nitrogens is 3. The summed E-state index contributed by atoms with van der Waals surface area (Å²) in [6, 6.07) is 17.8. The molecule has 0 fully saturated rings. The van der Waals surface area contributed by atoms with Gasteiger partial charge in [0.25, 0.3) is 11.5 Å². The molecule has 0 aliphatic carbocycles. The van der Waals surface area contributed by atoms with Gasteiger partial charge in [0.15, 0.2) is 5.65 Å². The minimum absolute atomic E-state index is 0.267. The molecule has 7 heteroatoms. The molecule has 0 saturated carbocycles. The molecule has 0 radical (unpaired) electrons. The molecule has 0 atom stereocenters. The molecule has 4 rings (SSSR count). The van der Waals surface area contributed by atoms with Gasteiger partial charge >= 0.3 is 0 Å². The fourth-order valence-corrected chi connectivity index (χ4v) is 3.31. The Kier molecular flexibility index (Phi) is 5.34. The van der Waals surface area contributed by atoms with Crippen molar-refractivity contribution < 1.29 is 4.79 Å². The normalized spacial score (nSPS) is 10.9. The van der Waals surface area contributed by atoms with Gasteiger partial charge in [0.05, 0.1) is 6.20 Å². The maximum atomic E-state index is 12.9. The standard InChI is InChI=1S/C23H23N5O2/c1-16-8-10-17(11-9-16)12-13-24-22(29)19-14-26-28-21(19)25-15-20(23(28)30)27(2)18-6-4-3-5-7-18/h3-11,14-15,26H,12-13H2,1-2H3,(H,24,29). The van der Waals surface area contributed by atoms with E-state index in [9.17, 15) is 9.59 Å². The number of carbonyl (C=O) groups excluding carboxylic acids is 1. The molecule has 1 amide bonds. The summed E-state index contributed by atoms with van der Waals surface area (Å²) in [4.78, 5) is 31.7. The molecule has 0 aliphatic heterocycles. The van der Waals surface area contributed by atoms with Crippen molar-refractivity contribution in [2.45, 2.75) is 13.3 Å². The van der Waals surface area contributed by atoms with Gasteiger partial charge in [0, 0.05) is 25.5 Å². The van der Waals surface area contributed by atoms with Crippen LogP contribution in [0.1, 0.15) is 21.5 Å². The highest BCUT2D eigenvalue weighted by atomic mass is 16.2. The van der Waals surface area contributed by atoms with E-state index in [1.54, 1.807) is 4.90 Å².